The first-order valence-electron chi connectivity index (χ1n) is 11.4. The number of carbonyl (C=O) groups is 1. The lowest BCUT2D eigenvalue weighted by Crippen LogP contribution is -2.48. The molecular formula is C25H34ClN5O2. The number of piperazine rings is 1. The summed E-state index contributed by atoms with van der Waals surface area (Å²) in [4.78, 5) is 20.1. The third-order valence-electron chi connectivity index (χ3n) is 6.10. The number of unbranched alkanes of at least 4 members (excludes halogenated alkanes) is 1. The number of anilines is 2. The molecule has 178 valence electrons. The third-order valence-corrected chi connectivity index (χ3v) is 6.10. The number of nitrogen functional groups attached to an aromatic ring is 1. The highest BCUT2D eigenvalue weighted by Crippen LogP contribution is 2.24. The van der Waals surface area contributed by atoms with Gasteiger partial charge < -0.3 is 31.0 Å². The molecule has 0 atom stereocenters. The second-order valence-electron chi connectivity index (χ2n) is 8.32. The van der Waals surface area contributed by atoms with Crippen LogP contribution in [0.15, 0.2) is 48.7 Å². The van der Waals surface area contributed by atoms with E-state index in [2.05, 4.69) is 16.0 Å². The van der Waals surface area contributed by atoms with E-state index in [4.69, 9.17) is 16.2 Å². The molecule has 5 N–H and O–H groups in total. The van der Waals surface area contributed by atoms with Gasteiger partial charge in [0.1, 0.15) is 5.75 Å². The fourth-order valence-corrected chi connectivity index (χ4v) is 4.24. The average molecular weight is 472 g/mol. The Bertz CT molecular complexity index is 1030. The number of amides is 1. The predicted octanol–water partition coefficient (Wildman–Crippen LogP) is 3.57. The molecule has 0 bridgehead atoms. The summed E-state index contributed by atoms with van der Waals surface area (Å²) in [6.45, 7) is 4.48. The lowest BCUT2D eigenvalue weighted by molar-refractivity contribution is -0.131. The largest absolute Gasteiger partial charge is 0.494 e. The van der Waals surface area contributed by atoms with Gasteiger partial charge >= 0.3 is 0 Å². The number of rotatable bonds is 9. The molecule has 1 amide bonds. The van der Waals surface area contributed by atoms with Gasteiger partial charge in [-0.1, -0.05) is 0 Å². The number of halogens is 1. The third kappa shape index (κ3) is 6.33. The number of ether oxygens (including phenoxy) is 1. The Morgan fingerprint density at radius 1 is 1.03 bits per heavy atom. The lowest BCUT2D eigenvalue weighted by Gasteiger charge is -2.36. The maximum atomic E-state index is 12.6. The monoisotopic (exact) mass is 471 g/mol. The van der Waals surface area contributed by atoms with Crippen LogP contribution in [0, 0.1) is 0 Å². The number of H-pyrrole nitrogens is 1. The summed E-state index contributed by atoms with van der Waals surface area (Å²) in [5.41, 5.74) is 15.7. The van der Waals surface area contributed by atoms with E-state index in [1.54, 1.807) is 0 Å². The van der Waals surface area contributed by atoms with Crippen LogP contribution in [0.2, 0.25) is 0 Å². The summed E-state index contributed by atoms with van der Waals surface area (Å²) in [6, 6.07) is 14.0. The molecule has 1 aromatic heterocycles. The highest BCUT2D eigenvalue weighted by atomic mass is 35.5. The Morgan fingerprint density at radius 3 is 2.52 bits per heavy atom. The molecule has 2 aromatic carbocycles. The second-order valence-corrected chi connectivity index (χ2v) is 8.32. The van der Waals surface area contributed by atoms with Crippen LogP contribution in [-0.4, -0.2) is 55.1 Å². The van der Waals surface area contributed by atoms with Gasteiger partial charge in [-0.15, -0.1) is 12.4 Å². The van der Waals surface area contributed by atoms with Gasteiger partial charge in [0.2, 0.25) is 5.91 Å². The number of fused-ring (bicyclic) bond motifs is 1. The first-order chi connectivity index (χ1) is 15.6. The molecule has 0 aliphatic carbocycles. The molecule has 1 saturated heterocycles. The highest BCUT2D eigenvalue weighted by molar-refractivity contribution is 5.85. The zero-order chi connectivity index (χ0) is 22.3. The number of hydrogen-bond acceptors (Lipinski definition) is 5. The topological polar surface area (TPSA) is 101 Å². The van der Waals surface area contributed by atoms with Crippen molar-refractivity contribution in [2.24, 2.45) is 5.73 Å². The number of nitrogens with zero attached hydrogens (tertiary/aromatic N) is 2. The van der Waals surface area contributed by atoms with Crippen LogP contribution in [0.3, 0.4) is 0 Å². The smallest absolute Gasteiger partial charge is 0.222 e. The molecule has 1 fully saturated rings. The summed E-state index contributed by atoms with van der Waals surface area (Å²) in [5.74, 6) is 1.10. The van der Waals surface area contributed by atoms with Gasteiger partial charge in [-0.05, 0) is 73.8 Å². The molecule has 0 unspecified atom stereocenters. The summed E-state index contributed by atoms with van der Waals surface area (Å²) >= 11 is 0. The Hall–Kier alpha value is -2.90. The van der Waals surface area contributed by atoms with E-state index in [9.17, 15) is 4.79 Å². The van der Waals surface area contributed by atoms with Gasteiger partial charge in [0, 0.05) is 61.1 Å². The van der Waals surface area contributed by atoms with E-state index in [1.807, 2.05) is 47.5 Å². The second kappa shape index (κ2) is 11.8. The Kier molecular flexibility index (Phi) is 8.86. The van der Waals surface area contributed by atoms with Gasteiger partial charge in [-0.25, -0.2) is 0 Å². The Morgan fingerprint density at radius 2 is 1.79 bits per heavy atom. The molecule has 4 rings (SSSR count). The molecule has 3 aromatic rings. The van der Waals surface area contributed by atoms with E-state index in [0.717, 1.165) is 68.1 Å². The van der Waals surface area contributed by atoms with Crippen LogP contribution in [0.25, 0.3) is 10.9 Å². The predicted molar refractivity (Wildman–Crippen MR) is 137 cm³/mol. The highest BCUT2D eigenvalue weighted by Gasteiger charge is 2.20. The van der Waals surface area contributed by atoms with E-state index in [0.29, 0.717) is 19.6 Å². The average Bonchev–Trinajstić information content (AvgIpc) is 3.22. The number of aromatic nitrogens is 1. The van der Waals surface area contributed by atoms with Crippen molar-refractivity contribution in [3.63, 3.8) is 0 Å². The molecule has 0 saturated carbocycles. The van der Waals surface area contributed by atoms with Crippen LogP contribution in [0.5, 0.6) is 5.75 Å². The van der Waals surface area contributed by atoms with Gasteiger partial charge in [0.25, 0.3) is 0 Å². The zero-order valence-electron chi connectivity index (χ0n) is 19.0. The van der Waals surface area contributed by atoms with Crippen molar-refractivity contribution in [3.05, 3.63) is 54.2 Å². The van der Waals surface area contributed by atoms with E-state index < -0.39 is 0 Å². The van der Waals surface area contributed by atoms with Crippen molar-refractivity contribution in [1.29, 1.82) is 0 Å². The lowest BCUT2D eigenvalue weighted by atomic mass is 10.1. The minimum Gasteiger partial charge on any atom is -0.494 e. The number of nitrogens with one attached hydrogen (secondary N) is 1. The Balaban J connectivity index is 0.00000306. The van der Waals surface area contributed by atoms with Gasteiger partial charge in [0.05, 0.1) is 6.61 Å². The molecule has 7 nitrogen and oxygen atoms in total. The van der Waals surface area contributed by atoms with Crippen LogP contribution in [-0.2, 0) is 11.2 Å². The molecular weight excluding hydrogens is 438 g/mol. The summed E-state index contributed by atoms with van der Waals surface area (Å²) in [7, 11) is 0. The maximum absolute atomic E-state index is 12.6. The zero-order valence-corrected chi connectivity index (χ0v) is 19.8. The quantitative estimate of drug-likeness (QED) is 0.327. The molecule has 1 aliphatic rings. The summed E-state index contributed by atoms with van der Waals surface area (Å²) < 4.78 is 5.93. The molecule has 0 spiro atoms. The van der Waals surface area contributed by atoms with Crippen LogP contribution in [0.4, 0.5) is 11.4 Å². The summed E-state index contributed by atoms with van der Waals surface area (Å²) in [6.07, 6.45) is 5.13. The number of benzene rings is 2. The Labute approximate surface area is 201 Å². The van der Waals surface area contributed by atoms with Gasteiger partial charge in [-0.3, -0.25) is 4.79 Å². The number of aromatic amines is 1. The first-order valence-corrected chi connectivity index (χ1v) is 11.4. The molecule has 2 heterocycles. The molecule has 33 heavy (non-hydrogen) atoms. The number of nitrogens with two attached hydrogens (primary N) is 2. The summed E-state index contributed by atoms with van der Waals surface area (Å²) in [5, 5.41) is 1.17. The minimum atomic E-state index is 0. The van der Waals surface area contributed by atoms with Crippen molar-refractivity contribution in [2.45, 2.75) is 25.7 Å². The van der Waals surface area contributed by atoms with Crippen molar-refractivity contribution in [1.82, 2.24) is 9.88 Å². The van der Waals surface area contributed by atoms with Crippen LogP contribution in [0.1, 0.15) is 24.8 Å². The van der Waals surface area contributed by atoms with Crippen molar-refractivity contribution >= 4 is 40.6 Å². The molecule has 8 heteroatoms. The normalized spacial score (nSPS) is 13.7. The van der Waals surface area contributed by atoms with Crippen molar-refractivity contribution < 1.29 is 9.53 Å². The van der Waals surface area contributed by atoms with E-state index in [1.165, 1.54) is 10.9 Å². The number of hydrogen-bond donors (Lipinski definition) is 3. The van der Waals surface area contributed by atoms with E-state index >= 15 is 0 Å². The van der Waals surface area contributed by atoms with Crippen LogP contribution >= 0.6 is 12.4 Å². The SMILES string of the molecule is Cl.NCCc1c[nH]c2ccc(OCCCCC(=O)N3CCN(c4ccc(N)cc4)CC3)cc12. The maximum Gasteiger partial charge on any atom is 0.222 e. The van der Waals surface area contributed by atoms with Gasteiger partial charge in [0.15, 0.2) is 0 Å². The fraction of sp³-hybridized carbons (Fsp3) is 0.400. The molecule has 0 radical (unpaired) electrons. The minimum absolute atomic E-state index is 0. The standard InChI is InChI=1S/C25H33N5O2.ClH/c26-11-10-19-18-28-24-9-8-22(17-23(19)24)32-16-2-1-3-25(31)30-14-12-29(13-15-30)21-6-4-20(27)5-7-21;/h4-9,17-18,28H,1-3,10-16,26-27H2;1H. The molecule has 1 aliphatic heterocycles. The van der Waals surface area contributed by atoms with Crippen molar-refractivity contribution in [2.75, 3.05) is 50.0 Å². The van der Waals surface area contributed by atoms with Gasteiger partial charge in [-0.2, -0.15) is 0 Å². The number of carbonyl (C=O) groups excluding carboxylic acids is 1. The van der Waals surface area contributed by atoms with E-state index in [-0.39, 0.29) is 18.3 Å². The van der Waals surface area contributed by atoms with Crippen LogP contribution < -0.4 is 21.1 Å². The first kappa shape index (κ1) is 24.7. The fourth-order valence-electron chi connectivity index (χ4n) is 4.24. The van der Waals surface area contributed by atoms with Crippen molar-refractivity contribution in [3.8, 4) is 5.75 Å².